The highest BCUT2D eigenvalue weighted by Gasteiger charge is 2.24. The zero-order valence-corrected chi connectivity index (χ0v) is 20.2. The van der Waals surface area contributed by atoms with Crippen LogP contribution in [0.2, 0.25) is 0 Å². The van der Waals surface area contributed by atoms with Gasteiger partial charge in [-0.25, -0.2) is 9.97 Å². The fraction of sp³-hybridized carbons (Fsp3) is 0.667. The molecule has 0 radical (unpaired) electrons. The summed E-state index contributed by atoms with van der Waals surface area (Å²) in [5.41, 5.74) is 0.829. The molecular formula is C18H31IN8S. The van der Waals surface area contributed by atoms with Crippen LogP contribution in [0.3, 0.4) is 0 Å². The van der Waals surface area contributed by atoms with Gasteiger partial charge in [0.15, 0.2) is 11.6 Å². The van der Waals surface area contributed by atoms with Crippen LogP contribution in [-0.4, -0.2) is 74.3 Å². The van der Waals surface area contributed by atoms with Gasteiger partial charge in [0.25, 0.3) is 0 Å². The van der Waals surface area contributed by atoms with E-state index >= 15 is 0 Å². The number of hydrogen-bond donors (Lipinski definition) is 2. The van der Waals surface area contributed by atoms with Crippen LogP contribution in [0.1, 0.15) is 20.8 Å². The maximum Gasteiger partial charge on any atom is 0.194 e. The lowest BCUT2D eigenvalue weighted by Gasteiger charge is -2.36. The molecule has 2 aromatic heterocycles. The van der Waals surface area contributed by atoms with Crippen LogP contribution in [-0.2, 0) is 7.05 Å². The quantitative estimate of drug-likeness (QED) is 0.263. The molecule has 1 saturated heterocycles. The Hall–Kier alpha value is -1.30. The van der Waals surface area contributed by atoms with Gasteiger partial charge in [0.2, 0.25) is 0 Å². The molecule has 0 bridgehead atoms. The lowest BCUT2D eigenvalue weighted by atomic mass is 10.1. The van der Waals surface area contributed by atoms with Crippen LogP contribution in [0.5, 0.6) is 0 Å². The summed E-state index contributed by atoms with van der Waals surface area (Å²) in [5, 5.41) is 12.7. The number of anilines is 1. The average molecular weight is 518 g/mol. The number of guanidine groups is 1. The van der Waals surface area contributed by atoms with Crippen LogP contribution >= 0.6 is 35.7 Å². The van der Waals surface area contributed by atoms with Crippen molar-refractivity contribution in [1.29, 1.82) is 0 Å². The minimum absolute atomic E-state index is 0. The fourth-order valence-electron chi connectivity index (χ4n) is 3.14. The third-order valence-corrected chi connectivity index (χ3v) is 6.21. The van der Waals surface area contributed by atoms with Crippen molar-refractivity contribution in [2.75, 3.05) is 43.8 Å². The molecule has 1 fully saturated rings. The predicted octanol–water partition coefficient (Wildman–Crippen LogP) is 2.43. The first-order chi connectivity index (χ1) is 13.1. The van der Waals surface area contributed by atoms with Crippen LogP contribution < -0.4 is 10.6 Å². The van der Waals surface area contributed by atoms with Gasteiger partial charge < -0.3 is 15.5 Å². The Kier molecular flexibility index (Phi) is 9.06. The van der Waals surface area contributed by atoms with Crippen molar-refractivity contribution in [2.24, 2.45) is 18.0 Å². The Morgan fingerprint density at radius 3 is 2.96 bits per heavy atom. The van der Waals surface area contributed by atoms with Gasteiger partial charge in [0, 0.05) is 44.2 Å². The number of thioether (sulfide) groups is 1. The molecule has 2 aromatic rings. The SMILES string of the molecule is CCNC(=NCCNc1ncnc2c1cnn2C)N1CCSC(C(C)C)C1.I. The zero-order valence-electron chi connectivity index (χ0n) is 17.1. The second-order valence-electron chi connectivity index (χ2n) is 6.99. The molecule has 0 spiro atoms. The zero-order chi connectivity index (χ0) is 19.2. The van der Waals surface area contributed by atoms with E-state index in [4.69, 9.17) is 4.99 Å². The number of aromatic nitrogens is 4. The van der Waals surface area contributed by atoms with Crippen LogP contribution in [0.4, 0.5) is 5.82 Å². The highest BCUT2D eigenvalue weighted by molar-refractivity contribution is 14.0. The molecular weight excluding hydrogens is 487 g/mol. The molecule has 156 valence electrons. The standard InChI is InChI=1S/C18H30N8S.HI/c1-5-19-18(26-8-9-27-15(11-26)13(2)3)21-7-6-20-16-14-10-24-25(4)17(14)23-12-22-16;/h10,12-13,15H,5-9,11H2,1-4H3,(H,19,21)(H,20,22,23);1H. The van der Waals surface area contributed by atoms with Crippen molar-refractivity contribution in [3.05, 3.63) is 12.5 Å². The number of nitrogens with one attached hydrogen (secondary N) is 2. The van der Waals surface area contributed by atoms with E-state index in [1.165, 1.54) is 0 Å². The molecule has 0 aliphatic carbocycles. The summed E-state index contributed by atoms with van der Waals surface area (Å²) in [6.45, 7) is 11.1. The van der Waals surface area contributed by atoms with Gasteiger partial charge >= 0.3 is 0 Å². The molecule has 0 aromatic carbocycles. The number of aliphatic imine (C=N–C) groups is 1. The fourth-order valence-corrected chi connectivity index (χ4v) is 4.43. The van der Waals surface area contributed by atoms with Gasteiger partial charge in [-0.2, -0.15) is 16.9 Å². The van der Waals surface area contributed by atoms with Gasteiger partial charge in [-0.05, 0) is 12.8 Å². The number of rotatable bonds is 6. The molecule has 8 nitrogen and oxygen atoms in total. The minimum atomic E-state index is 0. The molecule has 28 heavy (non-hydrogen) atoms. The normalized spacial score (nSPS) is 17.7. The molecule has 3 rings (SSSR count). The van der Waals surface area contributed by atoms with E-state index in [0.29, 0.717) is 24.3 Å². The maximum absolute atomic E-state index is 4.83. The maximum atomic E-state index is 4.83. The molecule has 1 unspecified atom stereocenters. The van der Waals surface area contributed by atoms with Crippen molar-refractivity contribution in [1.82, 2.24) is 30.0 Å². The highest BCUT2D eigenvalue weighted by atomic mass is 127. The van der Waals surface area contributed by atoms with Gasteiger partial charge in [-0.15, -0.1) is 24.0 Å². The second kappa shape index (κ2) is 11.0. The Morgan fingerprint density at radius 1 is 1.39 bits per heavy atom. The molecule has 1 aliphatic rings. The van der Waals surface area contributed by atoms with Crippen LogP contribution in [0, 0.1) is 5.92 Å². The first kappa shape index (κ1) is 23.0. The van der Waals surface area contributed by atoms with Crippen molar-refractivity contribution in [3.8, 4) is 0 Å². The number of fused-ring (bicyclic) bond motifs is 1. The predicted molar refractivity (Wildman–Crippen MR) is 129 cm³/mol. The number of hydrogen-bond acceptors (Lipinski definition) is 6. The monoisotopic (exact) mass is 518 g/mol. The summed E-state index contributed by atoms with van der Waals surface area (Å²) in [4.78, 5) is 15.8. The van der Waals surface area contributed by atoms with E-state index in [1.54, 1.807) is 17.2 Å². The Morgan fingerprint density at radius 2 is 2.21 bits per heavy atom. The summed E-state index contributed by atoms with van der Waals surface area (Å²) in [7, 11) is 1.88. The summed E-state index contributed by atoms with van der Waals surface area (Å²) in [6, 6.07) is 0. The van der Waals surface area contributed by atoms with Gasteiger partial charge in [-0.1, -0.05) is 13.8 Å². The van der Waals surface area contributed by atoms with Gasteiger partial charge in [0.1, 0.15) is 12.1 Å². The molecule has 2 N–H and O–H groups in total. The van der Waals surface area contributed by atoms with Crippen LogP contribution in [0.15, 0.2) is 17.5 Å². The average Bonchev–Trinajstić information content (AvgIpc) is 3.06. The van der Waals surface area contributed by atoms with Crippen LogP contribution in [0.25, 0.3) is 11.0 Å². The smallest absolute Gasteiger partial charge is 0.194 e. The Bertz CT molecular complexity index is 778. The van der Waals surface area contributed by atoms with E-state index < -0.39 is 0 Å². The lowest BCUT2D eigenvalue weighted by Crippen LogP contribution is -2.49. The Labute approximate surface area is 188 Å². The second-order valence-corrected chi connectivity index (χ2v) is 8.34. The van der Waals surface area contributed by atoms with Gasteiger partial charge in [-0.3, -0.25) is 9.67 Å². The number of halogens is 1. The molecule has 10 heteroatoms. The van der Waals surface area contributed by atoms with E-state index in [1.807, 2.05) is 7.05 Å². The lowest BCUT2D eigenvalue weighted by molar-refractivity contribution is 0.381. The molecule has 0 amide bonds. The molecule has 1 atom stereocenters. The minimum Gasteiger partial charge on any atom is -0.367 e. The van der Waals surface area contributed by atoms with Crippen molar-refractivity contribution >= 4 is 58.5 Å². The summed E-state index contributed by atoms with van der Waals surface area (Å²) in [5.74, 6) is 3.66. The molecule has 1 aliphatic heterocycles. The van der Waals surface area contributed by atoms with E-state index in [0.717, 1.165) is 48.2 Å². The van der Waals surface area contributed by atoms with Gasteiger partial charge in [0.05, 0.1) is 18.1 Å². The summed E-state index contributed by atoms with van der Waals surface area (Å²) < 4.78 is 1.75. The Balaban J connectivity index is 0.00000280. The highest BCUT2D eigenvalue weighted by Crippen LogP contribution is 2.24. The largest absolute Gasteiger partial charge is 0.367 e. The summed E-state index contributed by atoms with van der Waals surface area (Å²) >= 11 is 2.08. The topological polar surface area (TPSA) is 83.3 Å². The third kappa shape index (κ3) is 5.62. The van der Waals surface area contributed by atoms with Crippen molar-refractivity contribution in [3.63, 3.8) is 0 Å². The van der Waals surface area contributed by atoms with E-state index in [-0.39, 0.29) is 24.0 Å². The van der Waals surface area contributed by atoms with E-state index in [2.05, 4.69) is 63.1 Å². The number of nitrogens with zero attached hydrogens (tertiary/aromatic N) is 6. The molecule has 0 saturated carbocycles. The first-order valence-electron chi connectivity index (χ1n) is 9.61. The summed E-state index contributed by atoms with van der Waals surface area (Å²) in [6.07, 6.45) is 3.36. The third-order valence-electron chi connectivity index (χ3n) is 4.67. The first-order valence-corrected chi connectivity index (χ1v) is 10.7. The number of aryl methyl sites for hydroxylation is 1. The van der Waals surface area contributed by atoms with Crippen molar-refractivity contribution < 1.29 is 0 Å². The van der Waals surface area contributed by atoms with Crippen molar-refractivity contribution in [2.45, 2.75) is 26.0 Å². The molecule has 3 heterocycles. The van der Waals surface area contributed by atoms with E-state index in [9.17, 15) is 0 Å².